The summed E-state index contributed by atoms with van der Waals surface area (Å²) in [5.74, 6) is -3.06. The van der Waals surface area contributed by atoms with Crippen molar-refractivity contribution >= 4 is 17.1 Å². The van der Waals surface area contributed by atoms with E-state index in [1.807, 2.05) is 34.9 Å². The van der Waals surface area contributed by atoms with Crippen LogP contribution >= 0.6 is 0 Å². The first-order valence-electron chi connectivity index (χ1n) is 7.59. The van der Waals surface area contributed by atoms with E-state index in [9.17, 15) is 13.6 Å². The average Bonchev–Trinajstić information content (AvgIpc) is 2.97. The smallest absolute Gasteiger partial charge is 0.253 e. The molecule has 0 atom stereocenters. The fourth-order valence-corrected chi connectivity index (χ4v) is 2.83. The monoisotopic (exact) mass is 328 g/mol. The van der Waals surface area contributed by atoms with Crippen molar-refractivity contribution in [3.63, 3.8) is 0 Å². The van der Waals surface area contributed by atoms with Gasteiger partial charge in [0.25, 0.3) is 11.8 Å². The maximum atomic E-state index is 12.8. The zero-order valence-electron chi connectivity index (χ0n) is 12.6. The quantitative estimate of drug-likeness (QED) is 0.804. The molecule has 0 radical (unpaired) electrons. The number of rotatable bonds is 3. The molecule has 1 N–H and O–H groups in total. The Hall–Kier alpha value is -2.83. The number of carbonyl (C=O) groups excluding carboxylic acids is 1. The van der Waals surface area contributed by atoms with Crippen LogP contribution < -0.4 is 5.32 Å². The summed E-state index contributed by atoms with van der Waals surface area (Å²) >= 11 is 0. The average molecular weight is 328 g/mol. The molecular weight excluding hydrogens is 314 g/mol. The lowest BCUT2D eigenvalue weighted by Gasteiger charge is -2.35. The molecule has 0 unspecified atom stereocenters. The van der Waals surface area contributed by atoms with Crippen LogP contribution in [-0.2, 0) is 0 Å². The maximum Gasteiger partial charge on any atom is 0.253 e. The molecule has 1 aliphatic carbocycles. The zero-order chi connectivity index (χ0) is 16.7. The Labute approximate surface area is 136 Å². The number of hydrogen-bond donors (Lipinski definition) is 1. The predicted octanol–water partition coefficient (Wildman–Crippen LogP) is 2.95. The summed E-state index contributed by atoms with van der Waals surface area (Å²) in [4.78, 5) is 20.7. The van der Waals surface area contributed by atoms with Gasteiger partial charge in [-0.15, -0.1) is 0 Å². The predicted molar refractivity (Wildman–Crippen MR) is 84.3 cm³/mol. The van der Waals surface area contributed by atoms with Crippen LogP contribution in [0.15, 0.2) is 48.9 Å². The number of halogens is 2. The highest BCUT2D eigenvalue weighted by molar-refractivity contribution is 5.96. The van der Waals surface area contributed by atoms with Crippen molar-refractivity contribution in [2.45, 2.75) is 24.8 Å². The number of imidazole rings is 1. The van der Waals surface area contributed by atoms with E-state index in [0.29, 0.717) is 16.7 Å². The Bertz CT molecular complexity index is 899. The van der Waals surface area contributed by atoms with Crippen LogP contribution in [0.5, 0.6) is 0 Å². The Morgan fingerprint density at radius 3 is 2.67 bits per heavy atom. The fraction of sp³-hybridized carbons (Fsp3) is 0.235. The summed E-state index contributed by atoms with van der Waals surface area (Å²) in [6.45, 7) is 0. The van der Waals surface area contributed by atoms with E-state index in [0.717, 1.165) is 5.69 Å². The standard InChI is InChI=1S/C17H14F2N4O/c18-17(19)7-12(8-17)22-16(24)11-6-14-15(20-9-11)23(10-21-14)13-4-2-1-3-5-13/h1-6,9-10,12H,7-8H2,(H,22,24). The number of hydrogen-bond acceptors (Lipinski definition) is 3. The molecule has 1 saturated carbocycles. The normalized spacial score (nSPS) is 16.8. The minimum Gasteiger partial charge on any atom is -0.349 e. The SMILES string of the molecule is O=C(NC1CC(F)(F)C1)c1cnc2c(c1)ncn2-c1ccccc1. The Morgan fingerprint density at radius 2 is 1.96 bits per heavy atom. The van der Waals surface area contributed by atoms with Gasteiger partial charge in [-0.2, -0.15) is 0 Å². The van der Waals surface area contributed by atoms with Gasteiger partial charge in [-0.1, -0.05) is 18.2 Å². The third-order valence-electron chi connectivity index (χ3n) is 4.11. The molecule has 0 aliphatic heterocycles. The summed E-state index contributed by atoms with van der Waals surface area (Å²) in [5.41, 5.74) is 2.44. The maximum absolute atomic E-state index is 12.8. The van der Waals surface area contributed by atoms with Crippen LogP contribution in [-0.4, -0.2) is 32.4 Å². The fourth-order valence-electron chi connectivity index (χ4n) is 2.83. The first kappa shape index (κ1) is 14.7. The highest BCUT2D eigenvalue weighted by Gasteiger charge is 2.45. The van der Waals surface area contributed by atoms with Crippen molar-refractivity contribution in [3.05, 3.63) is 54.5 Å². The molecule has 1 aliphatic rings. The van der Waals surface area contributed by atoms with Gasteiger partial charge < -0.3 is 5.32 Å². The van der Waals surface area contributed by atoms with E-state index in [2.05, 4.69) is 15.3 Å². The summed E-state index contributed by atoms with van der Waals surface area (Å²) in [6, 6.07) is 10.7. The van der Waals surface area contributed by atoms with Gasteiger partial charge in [0.05, 0.1) is 5.56 Å². The molecule has 5 nitrogen and oxygen atoms in total. The first-order chi connectivity index (χ1) is 11.5. The third-order valence-corrected chi connectivity index (χ3v) is 4.11. The minimum absolute atomic E-state index is 0.308. The molecule has 2 heterocycles. The van der Waals surface area contributed by atoms with Gasteiger partial charge in [-0.25, -0.2) is 18.7 Å². The van der Waals surface area contributed by atoms with E-state index in [1.54, 1.807) is 12.4 Å². The van der Waals surface area contributed by atoms with Gasteiger partial charge in [0.1, 0.15) is 11.8 Å². The number of benzene rings is 1. The van der Waals surface area contributed by atoms with Crippen molar-refractivity contribution in [2.24, 2.45) is 0 Å². The van der Waals surface area contributed by atoms with Gasteiger partial charge in [0.15, 0.2) is 5.65 Å². The van der Waals surface area contributed by atoms with E-state index in [-0.39, 0.29) is 12.8 Å². The Morgan fingerprint density at radius 1 is 1.21 bits per heavy atom. The summed E-state index contributed by atoms with van der Waals surface area (Å²) in [7, 11) is 0. The molecule has 1 aromatic carbocycles. The van der Waals surface area contributed by atoms with Crippen LogP contribution in [0.3, 0.4) is 0 Å². The van der Waals surface area contributed by atoms with Gasteiger partial charge in [0.2, 0.25) is 0 Å². The Kier molecular flexibility index (Phi) is 3.30. The lowest BCUT2D eigenvalue weighted by Crippen LogP contribution is -2.50. The molecule has 2 aromatic heterocycles. The summed E-state index contributed by atoms with van der Waals surface area (Å²) in [5, 5.41) is 2.60. The largest absolute Gasteiger partial charge is 0.349 e. The van der Waals surface area contributed by atoms with E-state index >= 15 is 0 Å². The van der Waals surface area contributed by atoms with E-state index < -0.39 is 17.9 Å². The van der Waals surface area contributed by atoms with Crippen molar-refractivity contribution in [3.8, 4) is 5.69 Å². The number of alkyl halides is 2. The number of para-hydroxylation sites is 1. The van der Waals surface area contributed by atoms with E-state index in [1.165, 1.54) is 6.20 Å². The van der Waals surface area contributed by atoms with Gasteiger partial charge in [-0.3, -0.25) is 9.36 Å². The molecule has 7 heteroatoms. The minimum atomic E-state index is -2.66. The van der Waals surface area contributed by atoms with Gasteiger partial charge in [0, 0.05) is 30.8 Å². The molecule has 122 valence electrons. The van der Waals surface area contributed by atoms with Crippen molar-refractivity contribution < 1.29 is 13.6 Å². The lowest BCUT2D eigenvalue weighted by atomic mass is 9.88. The second-order valence-corrected chi connectivity index (χ2v) is 5.95. The van der Waals surface area contributed by atoms with Gasteiger partial charge in [-0.05, 0) is 18.2 Å². The van der Waals surface area contributed by atoms with Crippen molar-refractivity contribution in [1.29, 1.82) is 0 Å². The summed E-state index contributed by atoms with van der Waals surface area (Å²) in [6.07, 6.45) is 2.46. The van der Waals surface area contributed by atoms with Crippen molar-refractivity contribution in [1.82, 2.24) is 19.9 Å². The first-order valence-corrected chi connectivity index (χ1v) is 7.59. The van der Waals surface area contributed by atoms with Crippen LogP contribution in [0.4, 0.5) is 8.78 Å². The number of amides is 1. The molecule has 24 heavy (non-hydrogen) atoms. The highest BCUT2D eigenvalue weighted by atomic mass is 19.3. The number of nitrogens with one attached hydrogen (secondary N) is 1. The molecule has 0 bridgehead atoms. The number of aromatic nitrogens is 3. The number of pyridine rings is 1. The molecule has 0 spiro atoms. The number of nitrogens with zero attached hydrogens (tertiary/aromatic N) is 3. The molecule has 3 aromatic rings. The van der Waals surface area contributed by atoms with Crippen molar-refractivity contribution in [2.75, 3.05) is 0 Å². The van der Waals surface area contributed by atoms with Crippen LogP contribution in [0, 0.1) is 0 Å². The molecule has 4 rings (SSSR count). The molecule has 1 amide bonds. The molecule has 0 saturated heterocycles. The number of fused-ring (bicyclic) bond motifs is 1. The Balaban J connectivity index is 1.57. The number of carbonyl (C=O) groups is 1. The summed E-state index contributed by atoms with van der Waals surface area (Å²) < 4.78 is 27.5. The van der Waals surface area contributed by atoms with Gasteiger partial charge >= 0.3 is 0 Å². The second kappa shape index (κ2) is 5.36. The van der Waals surface area contributed by atoms with Crippen LogP contribution in [0.1, 0.15) is 23.2 Å². The van der Waals surface area contributed by atoms with E-state index in [4.69, 9.17) is 0 Å². The highest BCUT2D eigenvalue weighted by Crippen LogP contribution is 2.37. The lowest BCUT2D eigenvalue weighted by molar-refractivity contribution is -0.0901. The second-order valence-electron chi connectivity index (χ2n) is 5.95. The topological polar surface area (TPSA) is 59.8 Å². The van der Waals surface area contributed by atoms with Crippen LogP contribution in [0.25, 0.3) is 16.9 Å². The van der Waals surface area contributed by atoms with Crippen LogP contribution in [0.2, 0.25) is 0 Å². The zero-order valence-corrected chi connectivity index (χ0v) is 12.6. The third kappa shape index (κ3) is 2.62. The molecular formula is C17H14F2N4O. The molecule has 1 fully saturated rings.